The number of anilines is 1. The van der Waals surface area contributed by atoms with Crippen LogP contribution in [-0.2, 0) is 6.42 Å². The van der Waals surface area contributed by atoms with Crippen molar-refractivity contribution >= 4 is 29.0 Å². The van der Waals surface area contributed by atoms with E-state index in [1.807, 2.05) is 6.92 Å². The second kappa shape index (κ2) is 5.48. The highest BCUT2D eigenvalue weighted by molar-refractivity contribution is 6.35. The number of pyridine rings is 1. The Morgan fingerprint density at radius 1 is 1.28 bits per heavy atom. The number of aryl methyl sites for hydroxylation is 1. The van der Waals surface area contributed by atoms with Crippen molar-refractivity contribution < 1.29 is 0 Å². The first kappa shape index (κ1) is 13.0. The summed E-state index contributed by atoms with van der Waals surface area (Å²) in [6.07, 6.45) is 2.26. The fourth-order valence-electron chi connectivity index (χ4n) is 1.44. The minimum Gasteiger partial charge on any atom is -0.308 e. The third-order valence-electron chi connectivity index (χ3n) is 2.31. The molecule has 18 heavy (non-hydrogen) atoms. The maximum absolute atomic E-state index is 6.08. The summed E-state index contributed by atoms with van der Waals surface area (Å²) in [4.78, 5) is 12.7. The number of rotatable bonds is 3. The molecule has 0 aliphatic heterocycles. The lowest BCUT2D eigenvalue weighted by Crippen LogP contribution is -2.10. The van der Waals surface area contributed by atoms with Gasteiger partial charge in [0.1, 0.15) is 11.5 Å². The van der Waals surface area contributed by atoms with Gasteiger partial charge in [0.2, 0.25) is 0 Å². The number of hydrogen-bond acceptors (Lipinski definition) is 5. The molecule has 0 spiro atoms. The van der Waals surface area contributed by atoms with E-state index < -0.39 is 0 Å². The fraction of sp³-hybridized carbons (Fsp3) is 0.182. The second-order valence-electron chi connectivity index (χ2n) is 3.55. The van der Waals surface area contributed by atoms with Crippen LogP contribution in [0.15, 0.2) is 18.3 Å². The van der Waals surface area contributed by atoms with Crippen molar-refractivity contribution in [2.75, 3.05) is 5.43 Å². The summed E-state index contributed by atoms with van der Waals surface area (Å²) in [6, 6.07) is 3.37. The first-order valence-electron chi connectivity index (χ1n) is 5.30. The molecule has 0 radical (unpaired) electrons. The van der Waals surface area contributed by atoms with E-state index in [1.54, 1.807) is 12.1 Å². The van der Waals surface area contributed by atoms with E-state index in [4.69, 9.17) is 29.0 Å². The minimum atomic E-state index is 0.402. The zero-order valence-corrected chi connectivity index (χ0v) is 11.1. The molecule has 7 heteroatoms. The second-order valence-corrected chi connectivity index (χ2v) is 4.39. The number of nitrogens with two attached hydrogens (primary N) is 1. The Morgan fingerprint density at radius 3 is 2.67 bits per heavy atom. The van der Waals surface area contributed by atoms with Crippen molar-refractivity contribution in [2.45, 2.75) is 13.3 Å². The standard InChI is InChI=1S/C11H11Cl2N5/c1-2-7-4-9(18-14)17-11(16-7)10-8(13)3-6(12)5-15-10/h3-5H,2,14H2,1H3,(H,16,17,18). The lowest BCUT2D eigenvalue weighted by molar-refractivity contribution is 0.995. The quantitative estimate of drug-likeness (QED) is 0.669. The number of hydrogen-bond donors (Lipinski definition) is 2. The van der Waals surface area contributed by atoms with Gasteiger partial charge in [0, 0.05) is 18.0 Å². The zero-order valence-electron chi connectivity index (χ0n) is 9.61. The predicted molar refractivity (Wildman–Crippen MR) is 72.5 cm³/mol. The molecule has 94 valence electrons. The van der Waals surface area contributed by atoms with Crippen LogP contribution in [0, 0.1) is 0 Å². The van der Waals surface area contributed by atoms with Crippen molar-refractivity contribution in [1.29, 1.82) is 0 Å². The number of aromatic nitrogens is 3. The van der Waals surface area contributed by atoms with Crippen LogP contribution < -0.4 is 11.3 Å². The average molecular weight is 284 g/mol. The zero-order chi connectivity index (χ0) is 13.1. The molecule has 0 aliphatic carbocycles. The summed E-state index contributed by atoms with van der Waals surface area (Å²) < 4.78 is 0. The first-order valence-corrected chi connectivity index (χ1v) is 6.05. The summed E-state index contributed by atoms with van der Waals surface area (Å²) in [5.74, 6) is 6.31. The molecule has 3 N–H and O–H groups in total. The Morgan fingerprint density at radius 2 is 2.06 bits per heavy atom. The van der Waals surface area contributed by atoms with Gasteiger partial charge in [-0.25, -0.2) is 20.8 Å². The third kappa shape index (κ3) is 2.69. The molecule has 2 heterocycles. The summed E-state index contributed by atoms with van der Waals surface area (Å²) in [6.45, 7) is 1.99. The van der Waals surface area contributed by atoms with E-state index in [2.05, 4.69) is 20.4 Å². The normalized spacial score (nSPS) is 10.4. The van der Waals surface area contributed by atoms with Gasteiger partial charge in [0.05, 0.1) is 10.0 Å². The largest absolute Gasteiger partial charge is 0.308 e. The van der Waals surface area contributed by atoms with Crippen LogP contribution in [-0.4, -0.2) is 15.0 Å². The van der Waals surface area contributed by atoms with E-state index in [-0.39, 0.29) is 0 Å². The van der Waals surface area contributed by atoms with Crippen LogP contribution in [0.2, 0.25) is 10.0 Å². The van der Waals surface area contributed by atoms with E-state index in [0.717, 1.165) is 12.1 Å². The molecule has 0 fully saturated rings. The topological polar surface area (TPSA) is 76.7 Å². The molecule has 5 nitrogen and oxygen atoms in total. The molecule has 0 unspecified atom stereocenters. The lowest BCUT2D eigenvalue weighted by atomic mass is 10.3. The Balaban J connectivity index is 2.55. The molecule has 0 saturated carbocycles. The number of nitrogens with one attached hydrogen (secondary N) is 1. The molecule has 0 aromatic carbocycles. The Kier molecular flexibility index (Phi) is 3.96. The Bertz CT molecular complexity index is 551. The maximum atomic E-state index is 6.08. The van der Waals surface area contributed by atoms with Crippen molar-refractivity contribution in [3.8, 4) is 11.5 Å². The van der Waals surface area contributed by atoms with E-state index in [0.29, 0.717) is 27.4 Å². The summed E-state index contributed by atoms with van der Waals surface area (Å²) in [5, 5.41) is 0.867. The van der Waals surface area contributed by atoms with Gasteiger partial charge in [-0.05, 0) is 12.5 Å². The predicted octanol–water partition coefficient (Wildman–Crippen LogP) is 2.69. The molecule has 0 amide bonds. The Hall–Kier alpha value is -1.43. The van der Waals surface area contributed by atoms with Crippen LogP contribution in [0.4, 0.5) is 5.82 Å². The van der Waals surface area contributed by atoms with Gasteiger partial charge in [-0.3, -0.25) is 0 Å². The number of nitrogens with zero attached hydrogens (tertiary/aromatic N) is 3. The molecule has 2 rings (SSSR count). The van der Waals surface area contributed by atoms with Crippen molar-refractivity contribution in [3.05, 3.63) is 34.1 Å². The van der Waals surface area contributed by atoms with Gasteiger partial charge < -0.3 is 5.43 Å². The molecule has 0 atom stereocenters. The van der Waals surface area contributed by atoms with E-state index in [1.165, 1.54) is 6.20 Å². The molecule has 0 saturated heterocycles. The van der Waals surface area contributed by atoms with Crippen molar-refractivity contribution in [1.82, 2.24) is 15.0 Å². The molecular weight excluding hydrogens is 273 g/mol. The van der Waals surface area contributed by atoms with Gasteiger partial charge in [0.25, 0.3) is 0 Å². The number of hydrazine groups is 1. The molecule has 2 aromatic rings. The number of halogens is 2. The van der Waals surface area contributed by atoms with Gasteiger partial charge in [0.15, 0.2) is 5.82 Å². The van der Waals surface area contributed by atoms with Gasteiger partial charge >= 0.3 is 0 Å². The van der Waals surface area contributed by atoms with Crippen molar-refractivity contribution in [3.63, 3.8) is 0 Å². The van der Waals surface area contributed by atoms with Crippen LogP contribution >= 0.6 is 23.2 Å². The highest BCUT2D eigenvalue weighted by atomic mass is 35.5. The molecule has 0 aliphatic rings. The smallest absolute Gasteiger partial charge is 0.182 e. The monoisotopic (exact) mass is 283 g/mol. The highest BCUT2D eigenvalue weighted by Gasteiger charge is 2.11. The summed E-state index contributed by atoms with van der Waals surface area (Å²) >= 11 is 11.9. The average Bonchev–Trinajstić information content (AvgIpc) is 2.38. The minimum absolute atomic E-state index is 0.402. The van der Waals surface area contributed by atoms with Crippen LogP contribution in [0.1, 0.15) is 12.6 Å². The summed E-state index contributed by atoms with van der Waals surface area (Å²) in [7, 11) is 0. The van der Waals surface area contributed by atoms with Crippen LogP contribution in [0.3, 0.4) is 0 Å². The highest BCUT2D eigenvalue weighted by Crippen LogP contribution is 2.26. The maximum Gasteiger partial charge on any atom is 0.182 e. The van der Waals surface area contributed by atoms with Crippen LogP contribution in [0.25, 0.3) is 11.5 Å². The Labute approximate surface area is 114 Å². The first-order chi connectivity index (χ1) is 8.63. The van der Waals surface area contributed by atoms with E-state index >= 15 is 0 Å². The number of nitrogen functional groups attached to an aromatic ring is 1. The lowest BCUT2D eigenvalue weighted by Gasteiger charge is -2.07. The van der Waals surface area contributed by atoms with Crippen molar-refractivity contribution in [2.24, 2.45) is 5.84 Å². The molecule has 0 bridgehead atoms. The van der Waals surface area contributed by atoms with Gasteiger partial charge in [-0.15, -0.1) is 0 Å². The third-order valence-corrected chi connectivity index (χ3v) is 2.80. The van der Waals surface area contributed by atoms with Gasteiger partial charge in [-0.2, -0.15) is 0 Å². The SMILES string of the molecule is CCc1cc(NN)nc(-c2ncc(Cl)cc2Cl)n1. The fourth-order valence-corrected chi connectivity index (χ4v) is 1.90. The van der Waals surface area contributed by atoms with E-state index in [9.17, 15) is 0 Å². The van der Waals surface area contributed by atoms with Gasteiger partial charge in [-0.1, -0.05) is 30.1 Å². The molecular formula is C11H11Cl2N5. The molecule has 2 aromatic heterocycles. The van der Waals surface area contributed by atoms with Crippen LogP contribution in [0.5, 0.6) is 0 Å². The summed E-state index contributed by atoms with van der Waals surface area (Å²) in [5.41, 5.74) is 3.82.